The number of nitrogens with one attached hydrogen (secondary N) is 1. The number of rotatable bonds is 5. The van der Waals surface area contributed by atoms with Crippen LogP contribution in [0.2, 0.25) is 0 Å². The lowest BCUT2D eigenvalue weighted by Gasteiger charge is -2.21. The molecule has 9 heteroatoms. The standard InChI is InChI=1S/C17H21N3O3S2.ClH/c1-12(19-25(22,23)16-8-5-9-24-16)17(21)20-10-14(15(18)11-20)13-6-3-2-4-7-13;/h2-9,12,14-15,19H,10-11,18H2,1H3;1H/t12?,14-,15+;/m0./s1. The van der Waals surface area contributed by atoms with Gasteiger partial charge in [0.1, 0.15) is 4.21 Å². The summed E-state index contributed by atoms with van der Waals surface area (Å²) in [5.41, 5.74) is 7.31. The van der Waals surface area contributed by atoms with Gasteiger partial charge >= 0.3 is 0 Å². The number of nitrogens with zero attached hydrogens (tertiary/aromatic N) is 1. The zero-order valence-electron chi connectivity index (χ0n) is 14.2. The number of amides is 1. The van der Waals surface area contributed by atoms with Crippen molar-refractivity contribution in [1.29, 1.82) is 0 Å². The molecule has 3 rings (SSSR count). The molecule has 0 aliphatic carbocycles. The Balaban J connectivity index is 0.00000243. The highest BCUT2D eigenvalue weighted by Crippen LogP contribution is 2.27. The number of halogens is 1. The van der Waals surface area contributed by atoms with Crippen LogP contribution in [-0.4, -0.2) is 44.4 Å². The summed E-state index contributed by atoms with van der Waals surface area (Å²) in [6.45, 7) is 2.48. The van der Waals surface area contributed by atoms with Gasteiger partial charge in [0.05, 0.1) is 6.04 Å². The van der Waals surface area contributed by atoms with Crippen LogP contribution in [0, 0.1) is 0 Å². The number of carbonyl (C=O) groups is 1. The van der Waals surface area contributed by atoms with Crippen LogP contribution in [0.25, 0.3) is 0 Å². The van der Waals surface area contributed by atoms with Gasteiger partial charge in [-0.2, -0.15) is 4.72 Å². The van der Waals surface area contributed by atoms with Crippen LogP contribution in [-0.2, 0) is 14.8 Å². The Kier molecular flexibility index (Phi) is 6.81. The van der Waals surface area contributed by atoms with E-state index in [9.17, 15) is 13.2 Å². The molecule has 3 atom stereocenters. The van der Waals surface area contributed by atoms with Crippen molar-refractivity contribution in [2.24, 2.45) is 5.73 Å². The first-order valence-corrected chi connectivity index (χ1v) is 10.4. The zero-order chi connectivity index (χ0) is 18.0. The van der Waals surface area contributed by atoms with Gasteiger partial charge in [0, 0.05) is 25.0 Å². The molecular formula is C17H22ClN3O3S2. The van der Waals surface area contributed by atoms with Gasteiger partial charge in [0.15, 0.2) is 0 Å². The molecule has 1 unspecified atom stereocenters. The van der Waals surface area contributed by atoms with Crippen molar-refractivity contribution in [2.75, 3.05) is 13.1 Å². The summed E-state index contributed by atoms with van der Waals surface area (Å²) in [5, 5.41) is 1.69. The fraction of sp³-hybridized carbons (Fsp3) is 0.353. The number of sulfonamides is 1. The van der Waals surface area contributed by atoms with Gasteiger partial charge in [0.25, 0.3) is 10.0 Å². The van der Waals surface area contributed by atoms with E-state index in [0.717, 1.165) is 16.9 Å². The van der Waals surface area contributed by atoms with Gasteiger partial charge in [-0.15, -0.1) is 23.7 Å². The normalized spacial score (nSPS) is 21.2. The zero-order valence-corrected chi connectivity index (χ0v) is 16.7. The van der Waals surface area contributed by atoms with Gasteiger partial charge in [-0.3, -0.25) is 4.79 Å². The number of benzene rings is 1. The van der Waals surface area contributed by atoms with E-state index in [1.165, 1.54) is 6.07 Å². The summed E-state index contributed by atoms with van der Waals surface area (Å²) < 4.78 is 27.2. The molecule has 2 aromatic rings. The van der Waals surface area contributed by atoms with Crippen LogP contribution in [0.3, 0.4) is 0 Å². The molecule has 0 radical (unpaired) electrons. The Bertz CT molecular complexity index is 828. The first-order chi connectivity index (χ1) is 11.9. The van der Waals surface area contributed by atoms with Crippen molar-refractivity contribution in [3.63, 3.8) is 0 Å². The average Bonchev–Trinajstić information content (AvgIpc) is 3.24. The molecular weight excluding hydrogens is 394 g/mol. The maximum atomic E-state index is 12.7. The fourth-order valence-electron chi connectivity index (χ4n) is 3.09. The van der Waals surface area contributed by atoms with E-state index < -0.39 is 16.1 Å². The SMILES string of the molecule is CC(NS(=O)(=O)c1cccs1)C(=O)N1C[C@@H](N)[C@H](c2ccccc2)C1.Cl. The third-order valence-electron chi connectivity index (χ3n) is 4.37. The van der Waals surface area contributed by atoms with Gasteiger partial charge in [-0.05, 0) is 23.9 Å². The van der Waals surface area contributed by atoms with E-state index in [1.807, 2.05) is 30.3 Å². The molecule has 1 saturated heterocycles. The van der Waals surface area contributed by atoms with Crippen molar-refractivity contribution >= 4 is 39.7 Å². The predicted octanol–water partition coefficient (Wildman–Crippen LogP) is 1.79. The molecule has 0 spiro atoms. The summed E-state index contributed by atoms with van der Waals surface area (Å²) in [6, 6.07) is 12.0. The minimum absolute atomic E-state index is 0. The molecule has 26 heavy (non-hydrogen) atoms. The van der Waals surface area contributed by atoms with Crippen LogP contribution < -0.4 is 10.5 Å². The lowest BCUT2D eigenvalue weighted by atomic mass is 9.95. The van der Waals surface area contributed by atoms with Crippen molar-refractivity contribution in [3.8, 4) is 0 Å². The topological polar surface area (TPSA) is 92.5 Å². The van der Waals surface area contributed by atoms with Crippen molar-refractivity contribution < 1.29 is 13.2 Å². The number of hydrogen-bond acceptors (Lipinski definition) is 5. The van der Waals surface area contributed by atoms with Crippen LogP contribution >= 0.6 is 23.7 Å². The van der Waals surface area contributed by atoms with Crippen LogP contribution in [0.1, 0.15) is 18.4 Å². The molecule has 6 nitrogen and oxygen atoms in total. The molecule has 1 aliphatic rings. The summed E-state index contributed by atoms with van der Waals surface area (Å²) in [7, 11) is -3.68. The Labute approximate surface area is 163 Å². The monoisotopic (exact) mass is 415 g/mol. The molecule has 3 N–H and O–H groups in total. The highest BCUT2D eigenvalue weighted by atomic mass is 35.5. The minimum atomic E-state index is -3.68. The lowest BCUT2D eigenvalue weighted by molar-refractivity contribution is -0.131. The highest BCUT2D eigenvalue weighted by molar-refractivity contribution is 7.91. The maximum absolute atomic E-state index is 12.7. The van der Waals surface area contributed by atoms with E-state index in [-0.39, 0.29) is 34.5 Å². The maximum Gasteiger partial charge on any atom is 0.250 e. The van der Waals surface area contributed by atoms with E-state index in [4.69, 9.17) is 5.73 Å². The molecule has 0 saturated carbocycles. The number of thiophene rings is 1. The number of nitrogens with two attached hydrogens (primary N) is 1. The van der Waals surface area contributed by atoms with Gasteiger partial charge in [0.2, 0.25) is 5.91 Å². The van der Waals surface area contributed by atoms with E-state index >= 15 is 0 Å². The molecule has 1 fully saturated rings. The molecule has 0 bridgehead atoms. The van der Waals surface area contributed by atoms with Crippen LogP contribution in [0.4, 0.5) is 0 Å². The molecule has 1 aromatic heterocycles. The number of carbonyl (C=O) groups excluding carboxylic acids is 1. The first kappa shape index (κ1) is 20.9. The minimum Gasteiger partial charge on any atom is -0.339 e. The van der Waals surface area contributed by atoms with E-state index in [0.29, 0.717) is 13.1 Å². The second-order valence-corrected chi connectivity index (χ2v) is 9.09. The van der Waals surface area contributed by atoms with E-state index in [2.05, 4.69) is 4.72 Å². The number of likely N-dealkylation sites (tertiary alicyclic amines) is 1. The summed E-state index contributed by atoms with van der Waals surface area (Å²) >= 11 is 1.12. The molecule has 1 amide bonds. The quantitative estimate of drug-likeness (QED) is 0.778. The summed E-state index contributed by atoms with van der Waals surface area (Å²) in [4.78, 5) is 14.3. The van der Waals surface area contributed by atoms with Crippen molar-refractivity contribution in [2.45, 2.75) is 29.1 Å². The summed E-state index contributed by atoms with van der Waals surface area (Å²) in [5.74, 6) is -0.194. The molecule has 1 aliphatic heterocycles. The molecule has 1 aromatic carbocycles. The summed E-state index contributed by atoms with van der Waals surface area (Å²) in [6.07, 6.45) is 0. The smallest absolute Gasteiger partial charge is 0.250 e. The van der Waals surface area contributed by atoms with Crippen molar-refractivity contribution in [3.05, 3.63) is 53.4 Å². The number of hydrogen-bond donors (Lipinski definition) is 2. The van der Waals surface area contributed by atoms with Gasteiger partial charge in [-0.25, -0.2) is 8.42 Å². The predicted molar refractivity (Wildman–Crippen MR) is 105 cm³/mol. The second-order valence-electron chi connectivity index (χ2n) is 6.20. The fourth-order valence-corrected chi connectivity index (χ4v) is 5.30. The lowest BCUT2D eigenvalue weighted by Crippen LogP contribution is -2.46. The third-order valence-corrected chi connectivity index (χ3v) is 7.30. The highest BCUT2D eigenvalue weighted by Gasteiger charge is 2.36. The Hall–Kier alpha value is -1.45. The second kappa shape index (κ2) is 8.49. The Morgan fingerprint density at radius 3 is 2.54 bits per heavy atom. The van der Waals surface area contributed by atoms with Gasteiger partial charge in [-0.1, -0.05) is 36.4 Å². The van der Waals surface area contributed by atoms with Crippen molar-refractivity contribution in [1.82, 2.24) is 9.62 Å². The Morgan fingerprint density at radius 1 is 1.23 bits per heavy atom. The first-order valence-electron chi connectivity index (χ1n) is 8.03. The third kappa shape index (κ3) is 4.44. The molecule has 142 valence electrons. The largest absolute Gasteiger partial charge is 0.339 e. The van der Waals surface area contributed by atoms with Gasteiger partial charge < -0.3 is 10.6 Å². The molecule has 2 heterocycles. The average molecular weight is 416 g/mol. The Morgan fingerprint density at radius 2 is 1.92 bits per heavy atom. The van der Waals surface area contributed by atoms with E-state index in [1.54, 1.807) is 23.3 Å². The van der Waals surface area contributed by atoms with Crippen LogP contribution in [0.15, 0.2) is 52.1 Å². The van der Waals surface area contributed by atoms with Crippen LogP contribution in [0.5, 0.6) is 0 Å².